The third-order valence-electron chi connectivity index (χ3n) is 12.2. The van der Waals surface area contributed by atoms with Gasteiger partial charge >= 0.3 is 17.9 Å². The van der Waals surface area contributed by atoms with Crippen LogP contribution in [-0.4, -0.2) is 37.2 Å². The van der Waals surface area contributed by atoms with E-state index >= 15 is 0 Å². The maximum atomic E-state index is 12.8. The summed E-state index contributed by atoms with van der Waals surface area (Å²) < 4.78 is 16.8. The zero-order valence-corrected chi connectivity index (χ0v) is 44.2. The standard InChI is InChI=1S/C61H106O6/c1-4-7-10-13-16-19-22-25-27-29-30-32-33-36-39-42-45-48-51-54-60(63)66-57-58(56-65-59(62)53-50-47-44-41-38-35-24-21-18-15-12-9-6-3)67-61(64)55-52-49-46-43-40-37-34-31-28-26-23-20-17-14-11-8-5-2/h16-17,19-21,24-28,34,37,58H,4-15,18,22-23,29-33,35-36,38-57H2,1-3H3/b19-16-,20-17-,24-21-,27-25-,28-26-,37-34-/t58-/m0/s1. The molecule has 0 aliphatic rings. The van der Waals surface area contributed by atoms with E-state index in [2.05, 4.69) is 93.7 Å². The average molecular weight is 936 g/mol. The van der Waals surface area contributed by atoms with Crippen LogP contribution < -0.4 is 0 Å². The van der Waals surface area contributed by atoms with Crippen molar-refractivity contribution in [3.8, 4) is 0 Å². The number of carbonyl (C=O) groups is 3. The minimum atomic E-state index is -0.792. The Morgan fingerprint density at radius 2 is 0.537 bits per heavy atom. The molecule has 6 heteroatoms. The Morgan fingerprint density at radius 1 is 0.299 bits per heavy atom. The first-order valence-electron chi connectivity index (χ1n) is 28.4. The van der Waals surface area contributed by atoms with Crippen molar-refractivity contribution in [1.82, 2.24) is 0 Å². The van der Waals surface area contributed by atoms with Crippen molar-refractivity contribution in [3.05, 3.63) is 72.9 Å². The van der Waals surface area contributed by atoms with Gasteiger partial charge in [-0.05, 0) is 116 Å². The zero-order valence-electron chi connectivity index (χ0n) is 44.2. The number of esters is 3. The highest BCUT2D eigenvalue weighted by molar-refractivity contribution is 5.71. The lowest BCUT2D eigenvalue weighted by molar-refractivity contribution is -0.167. The van der Waals surface area contributed by atoms with Gasteiger partial charge in [0.15, 0.2) is 6.10 Å². The van der Waals surface area contributed by atoms with Crippen LogP contribution in [0.2, 0.25) is 0 Å². The highest BCUT2D eigenvalue weighted by atomic mass is 16.6. The predicted molar refractivity (Wildman–Crippen MR) is 288 cm³/mol. The van der Waals surface area contributed by atoms with Crippen LogP contribution in [-0.2, 0) is 28.6 Å². The second-order valence-electron chi connectivity index (χ2n) is 18.8. The summed E-state index contributed by atoms with van der Waals surface area (Å²) in [7, 11) is 0. The second-order valence-corrected chi connectivity index (χ2v) is 18.8. The molecule has 0 aromatic rings. The van der Waals surface area contributed by atoms with E-state index < -0.39 is 6.10 Å². The third kappa shape index (κ3) is 53.7. The van der Waals surface area contributed by atoms with E-state index in [4.69, 9.17) is 14.2 Å². The lowest BCUT2D eigenvalue weighted by atomic mass is 10.1. The Bertz CT molecular complexity index is 1260. The fourth-order valence-electron chi connectivity index (χ4n) is 7.83. The largest absolute Gasteiger partial charge is 0.462 e. The van der Waals surface area contributed by atoms with Crippen molar-refractivity contribution in [3.63, 3.8) is 0 Å². The first kappa shape index (κ1) is 63.8. The molecule has 0 radical (unpaired) electrons. The van der Waals surface area contributed by atoms with E-state index in [0.29, 0.717) is 19.3 Å². The molecule has 0 saturated carbocycles. The molecule has 0 rings (SSSR count). The van der Waals surface area contributed by atoms with Gasteiger partial charge in [-0.15, -0.1) is 0 Å². The molecule has 0 aromatic heterocycles. The minimum Gasteiger partial charge on any atom is -0.462 e. The first-order valence-corrected chi connectivity index (χ1v) is 28.4. The molecular formula is C61H106O6. The third-order valence-corrected chi connectivity index (χ3v) is 12.2. The highest BCUT2D eigenvalue weighted by Crippen LogP contribution is 2.14. The first-order chi connectivity index (χ1) is 33.0. The van der Waals surface area contributed by atoms with Crippen LogP contribution in [0, 0.1) is 0 Å². The van der Waals surface area contributed by atoms with Crippen LogP contribution in [0.5, 0.6) is 0 Å². The van der Waals surface area contributed by atoms with Crippen molar-refractivity contribution >= 4 is 17.9 Å². The van der Waals surface area contributed by atoms with Crippen molar-refractivity contribution < 1.29 is 28.6 Å². The van der Waals surface area contributed by atoms with Gasteiger partial charge in [-0.25, -0.2) is 0 Å². The van der Waals surface area contributed by atoms with Gasteiger partial charge < -0.3 is 14.2 Å². The number of hydrogen-bond acceptors (Lipinski definition) is 6. The van der Waals surface area contributed by atoms with E-state index in [1.165, 1.54) is 141 Å². The number of unbranched alkanes of at least 4 members (excludes halogenated alkanes) is 28. The smallest absolute Gasteiger partial charge is 0.306 e. The number of ether oxygens (including phenoxy) is 3. The molecule has 0 spiro atoms. The van der Waals surface area contributed by atoms with Crippen LogP contribution in [0.3, 0.4) is 0 Å². The van der Waals surface area contributed by atoms with Crippen LogP contribution in [0.4, 0.5) is 0 Å². The van der Waals surface area contributed by atoms with Crippen LogP contribution >= 0.6 is 0 Å². The van der Waals surface area contributed by atoms with Gasteiger partial charge in [0.2, 0.25) is 0 Å². The lowest BCUT2D eigenvalue weighted by Gasteiger charge is -2.18. The molecule has 0 fully saturated rings. The van der Waals surface area contributed by atoms with Crippen molar-refractivity contribution in [1.29, 1.82) is 0 Å². The number of carbonyl (C=O) groups excluding carboxylic acids is 3. The molecule has 0 saturated heterocycles. The number of rotatable bonds is 51. The van der Waals surface area contributed by atoms with Crippen molar-refractivity contribution in [2.75, 3.05) is 13.2 Å². The Morgan fingerprint density at radius 3 is 0.881 bits per heavy atom. The van der Waals surface area contributed by atoms with E-state index in [-0.39, 0.29) is 31.1 Å². The normalized spacial score (nSPS) is 12.6. The van der Waals surface area contributed by atoms with Gasteiger partial charge in [-0.1, -0.05) is 216 Å². The minimum absolute atomic E-state index is 0.0890. The molecule has 0 amide bonds. The summed E-state index contributed by atoms with van der Waals surface area (Å²) in [6.45, 7) is 6.56. The maximum absolute atomic E-state index is 12.8. The Labute approximate surface area is 414 Å². The average Bonchev–Trinajstić information content (AvgIpc) is 3.33. The molecule has 0 aromatic carbocycles. The molecule has 0 unspecified atom stereocenters. The summed E-state index contributed by atoms with van der Waals surface area (Å²) in [4.78, 5) is 38.1. The van der Waals surface area contributed by atoms with Gasteiger partial charge in [0.25, 0.3) is 0 Å². The topological polar surface area (TPSA) is 78.9 Å². The summed E-state index contributed by atoms with van der Waals surface area (Å²) in [6, 6.07) is 0. The van der Waals surface area contributed by atoms with Gasteiger partial charge in [0.05, 0.1) is 0 Å². The monoisotopic (exact) mass is 935 g/mol. The fourth-order valence-corrected chi connectivity index (χ4v) is 7.83. The maximum Gasteiger partial charge on any atom is 0.306 e. The summed E-state index contributed by atoms with van der Waals surface area (Å²) in [5.74, 6) is -0.917. The molecule has 0 aliphatic heterocycles. The molecule has 0 N–H and O–H groups in total. The molecule has 1 atom stereocenters. The molecular weight excluding hydrogens is 829 g/mol. The van der Waals surface area contributed by atoms with E-state index in [0.717, 1.165) is 96.3 Å². The Balaban J connectivity index is 4.41. The summed E-state index contributed by atoms with van der Waals surface area (Å²) in [5.41, 5.74) is 0. The zero-order chi connectivity index (χ0) is 48.6. The van der Waals surface area contributed by atoms with Crippen LogP contribution in [0.25, 0.3) is 0 Å². The lowest BCUT2D eigenvalue weighted by Crippen LogP contribution is -2.30. The molecule has 0 bridgehead atoms. The van der Waals surface area contributed by atoms with Gasteiger partial charge in [0.1, 0.15) is 13.2 Å². The number of hydrogen-bond donors (Lipinski definition) is 0. The van der Waals surface area contributed by atoms with Gasteiger partial charge in [-0.2, -0.15) is 0 Å². The van der Waals surface area contributed by atoms with Gasteiger partial charge in [-0.3, -0.25) is 14.4 Å². The van der Waals surface area contributed by atoms with Crippen molar-refractivity contribution in [2.45, 2.75) is 284 Å². The van der Waals surface area contributed by atoms with E-state index in [1.807, 2.05) is 0 Å². The summed E-state index contributed by atoms with van der Waals surface area (Å²) >= 11 is 0. The summed E-state index contributed by atoms with van der Waals surface area (Å²) in [6.07, 6.45) is 70.2. The van der Waals surface area contributed by atoms with Crippen molar-refractivity contribution in [2.24, 2.45) is 0 Å². The van der Waals surface area contributed by atoms with Crippen LogP contribution in [0.1, 0.15) is 278 Å². The Hall–Kier alpha value is -3.15. The number of allylic oxidation sites excluding steroid dienone is 12. The Kier molecular flexibility index (Phi) is 52.8. The second kappa shape index (κ2) is 55.4. The van der Waals surface area contributed by atoms with Gasteiger partial charge in [0, 0.05) is 19.3 Å². The molecule has 386 valence electrons. The summed E-state index contributed by atoms with van der Waals surface area (Å²) in [5, 5.41) is 0. The quantitative estimate of drug-likeness (QED) is 0.0262. The molecule has 6 nitrogen and oxygen atoms in total. The highest BCUT2D eigenvalue weighted by Gasteiger charge is 2.19. The molecule has 67 heavy (non-hydrogen) atoms. The van der Waals surface area contributed by atoms with E-state index in [9.17, 15) is 14.4 Å². The van der Waals surface area contributed by atoms with E-state index in [1.54, 1.807) is 0 Å². The predicted octanol–water partition coefficient (Wildman–Crippen LogP) is 19.0. The molecule has 0 aliphatic carbocycles. The fraction of sp³-hybridized carbons (Fsp3) is 0.754. The SMILES string of the molecule is CCCCC/C=C\C/C=C\C/C=C\CCCCCCC(=O)O[C@@H](COC(=O)CCCCCCC/C=C\CCCCCC)COC(=O)CCCCCCCCCCC/C=C\C/C=C\CCCCC. The molecule has 0 heterocycles. The van der Waals surface area contributed by atoms with Crippen LogP contribution in [0.15, 0.2) is 72.9 Å².